The lowest BCUT2D eigenvalue weighted by molar-refractivity contribution is -0.379. The van der Waals surface area contributed by atoms with Crippen LogP contribution in [0.3, 0.4) is 0 Å². The topological polar surface area (TPSA) is 91.3 Å². The summed E-state index contributed by atoms with van der Waals surface area (Å²) in [6, 6.07) is 0.629. The maximum Gasteiger partial charge on any atom is 0.356 e. The highest BCUT2D eigenvalue weighted by Gasteiger charge is 2.43. The molecule has 0 bridgehead atoms. The van der Waals surface area contributed by atoms with Gasteiger partial charge in [-0.1, -0.05) is 0 Å². The zero-order valence-corrected chi connectivity index (χ0v) is 13.1. The minimum absolute atomic E-state index is 0.249. The van der Waals surface area contributed by atoms with E-state index in [1.54, 1.807) is 0 Å². The van der Waals surface area contributed by atoms with Gasteiger partial charge in [0.05, 0.1) is 12.8 Å². The van der Waals surface area contributed by atoms with E-state index in [-0.39, 0.29) is 12.8 Å². The van der Waals surface area contributed by atoms with Crippen molar-refractivity contribution in [3.05, 3.63) is 0 Å². The smallest absolute Gasteiger partial charge is 0.356 e. The molecule has 0 aliphatic heterocycles. The molecule has 106 valence electrons. The molecule has 7 nitrogen and oxygen atoms in total. The quantitative estimate of drug-likeness (QED) is 0.334. The molecule has 0 rings (SSSR count). The molecule has 0 saturated carbocycles. The second-order valence-corrected chi connectivity index (χ2v) is 4.33. The zero-order chi connectivity index (χ0) is 14.2. The van der Waals surface area contributed by atoms with Gasteiger partial charge in [0.1, 0.15) is 6.10 Å². The fraction of sp³-hybridized carbons (Fsp3) is 0.800. The molecule has 1 N–H and O–H groups in total. The number of ether oxygens (including phenoxy) is 4. The Labute approximate surface area is 109 Å². The largest absolute Gasteiger partial charge is 0.481 e. The maximum absolute atomic E-state index is 11.5. The summed E-state index contributed by atoms with van der Waals surface area (Å²) in [5.74, 6) is -3.40. The van der Waals surface area contributed by atoms with E-state index >= 15 is 0 Å². The molecule has 0 radical (unpaired) electrons. The third-order valence-electron chi connectivity index (χ3n) is 2.42. The summed E-state index contributed by atoms with van der Waals surface area (Å²) in [5, 5.41) is 8.49. The summed E-state index contributed by atoms with van der Waals surface area (Å²) in [6.07, 6.45) is -1.10. The standard InChI is InChI=1S/C10H20O7Si/c1-14-7(6-18)10(15-2,16-3)17-9(13)5-4-8(11)12/h7H,4-6H2,1-3,18H3,(H,11,12). The number of esters is 1. The van der Waals surface area contributed by atoms with Crippen LogP contribution < -0.4 is 0 Å². The van der Waals surface area contributed by atoms with E-state index in [4.69, 9.17) is 24.1 Å². The van der Waals surface area contributed by atoms with E-state index in [1.807, 2.05) is 0 Å². The fourth-order valence-electron chi connectivity index (χ4n) is 1.47. The Bertz CT molecular complexity index is 273. The molecule has 0 aromatic carbocycles. The van der Waals surface area contributed by atoms with Gasteiger partial charge >= 0.3 is 17.9 Å². The van der Waals surface area contributed by atoms with Gasteiger partial charge in [0, 0.05) is 31.6 Å². The summed E-state index contributed by atoms with van der Waals surface area (Å²) in [5.41, 5.74) is 0. The van der Waals surface area contributed by atoms with Gasteiger partial charge in [0.2, 0.25) is 0 Å². The number of methoxy groups -OCH3 is 3. The molecular weight excluding hydrogens is 260 g/mol. The van der Waals surface area contributed by atoms with Crippen LogP contribution in [0.2, 0.25) is 6.04 Å². The normalized spacial score (nSPS) is 13.3. The van der Waals surface area contributed by atoms with Crippen LogP contribution in [-0.2, 0) is 28.5 Å². The molecule has 0 aliphatic carbocycles. The fourth-order valence-corrected chi connectivity index (χ4v) is 2.31. The summed E-state index contributed by atoms with van der Waals surface area (Å²) >= 11 is 0. The van der Waals surface area contributed by atoms with Gasteiger partial charge in [-0.05, 0) is 6.04 Å². The first-order chi connectivity index (χ1) is 8.45. The Balaban J connectivity index is 4.69. The van der Waals surface area contributed by atoms with Crippen LogP contribution in [0.15, 0.2) is 0 Å². The molecule has 0 aromatic rings. The molecule has 0 aromatic heterocycles. The Morgan fingerprint density at radius 2 is 1.78 bits per heavy atom. The van der Waals surface area contributed by atoms with Gasteiger partial charge < -0.3 is 24.1 Å². The van der Waals surface area contributed by atoms with Gasteiger partial charge in [0.25, 0.3) is 0 Å². The molecule has 0 saturated heterocycles. The second kappa shape index (κ2) is 8.19. The predicted octanol–water partition coefficient (Wildman–Crippen LogP) is -0.860. The zero-order valence-electron chi connectivity index (χ0n) is 11.1. The highest BCUT2D eigenvalue weighted by atomic mass is 28.1. The van der Waals surface area contributed by atoms with Crippen LogP contribution in [0.25, 0.3) is 0 Å². The van der Waals surface area contributed by atoms with Crippen molar-refractivity contribution in [2.75, 3.05) is 21.3 Å². The highest BCUT2D eigenvalue weighted by molar-refractivity contribution is 6.08. The van der Waals surface area contributed by atoms with Gasteiger partial charge in [-0.2, -0.15) is 0 Å². The van der Waals surface area contributed by atoms with Gasteiger partial charge in [-0.3, -0.25) is 9.59 Å². The van der Waals surface area contributed by atoms with E-state index in [0.717, 1.165) is 10.2 Å². The number of carbonyl (C=O) groups excluding carboxylic acids is 1. The molecule has 1 unspecified atom stereocenters. The Hall–Kier alpha value is -0.963. The lowest BCUT2D eigenvalue weighted by atomic mass is 10.3. The molecular formula is C10H20O7Si. The van der Waals surface area contributed by atoms with Crippen LogP contribution in [-0.4, -0.2) is 60.7 Å². The second-order valence-electron chi connectivity index (χ2n) is 3.51. The number of carboxylic acid groups (broad SMARTS) is 1. The van der Waals surface area contributed by atoms with E-state index in [9.17, 15) is 9.59 Å². The van der Waals surface area contributed by atoms with Crippen molar-refractivity contribution >= 4 is 22.2 Å². The number of hydrogen-bond donors (Lipinski definition) is 1. The van der Waals surface area contributed by atoms with Crippen LogP contribution >= 0.6 is 0 Å². The van der Waals surface area contributed by atoms with Crippen molar-refractivity contribution in [1.82, 2.24) is 0 Å². The highest BCUT2D eigenvalue weighted by Crippen LogP contribution is 2.24. The molecule has 0 amide bonds. The third kappa shape index (κ3) is 4.73. The van der Waals surface area contributed by atoms with E-state index < -0.39 is 24.0 Å². The van der Waals surface area contributed by atoms with Crippen molar-refractivity contribution in [1.29, 1.82) is 0 Å². The maximum atomic E-state index is 11.5. The van der Waals surface area contributed by atoms with Gasteiger partial charge in [0.15, 0.2) is 0 Å². The van der Waals surface area contributed by atoms with Crippen LogP contribution in [0, 0.1) is 0 Å². The van der Waals surface area contributed by atoms with Crippen LogP contribution in [0.1, 0.15) is 12.8 Å². The first kappa shape index (κ1) is 17.0. The molecule has 0 fully saturated rings. The molecule has 1 atom stereocenters. The molecule has 0 heterocycles. The summed E-state index contributed by atoms with van der Waals surface area (Å²) in [6.45, 7) is 0. The van der Waals surface area contributed by atoms with Crippen molar-refractivity contribution in [3.63, 3.8) is 0 Å². The molecule has 8 heteroatoms. The molecule has 18 heavy (non-hydrogen) atoms. The van der Waals surface area contributed by atoms with Crippen LogP contribution in [0.4, 0.5) is 0 Å². The third-order valence-corrected chi connectivity index (χ3v) is 3.16. The van der Waals surface area contributed by atoms with Crippen molar-refractivity contribution < 1.29 is 33.6 Å². The van der Waals surface area contributed by atoms with E-state index in [1.165, 1.54) is 21.3 Å². The first-order valence-electron chi connectivity index (χ1n) is 5.52. The molecule has 0 spiro atoms. The van der Waals surface area contributed by atoms with Crippen molar-refractivity contribution in [3.8, 4) is 0 Å². The lowest BCUT2D eigenvalue weighted by Gasteiger charge is -2.35. The first-order valence-corrected chi connectivity index (χ1v) is 6.93. The Kier molecular flexibility index (Phi) is 7.76. The monoisotopic (exact) mass is 280 g/mol. The van der Waals surface area contributed by atoms with E-state index in [2.05, 4.69) is 0 Å². The lowest BCUT2D eigenvalue weighted by Crippen LogP contribution is -2.50. The average molecular weight is 280 g/mol. The number of carboxylic acids is 1. The van der Waals surface area contributed by atoms with E-state index in [0.29, 0.717) is 6.04 Å². The number of carbonyl (C=O) groups is 2. The average Bonchev–Trinajstić information content (AvgIpc) is 2.36. The van der Waals surface area contributed by atoms with Crippen molar-refractivity contribution in [2.45, 2.75) is 31.0 Å². The summed E-state index contributed by atoms with van der Waals surface area (Å²) in [4.78, 5) is 21.9. The van der Waals surface area contributed by atoms with Gasteiger partial charge in [-0.25, -0.2) is 0 Å². The Morgan fingerprint density at radius 1 is 1.22 bits per heavy atom. The number of hydrogen-bond acceptors (Lipinski definition) is 6. The van der Waals surface area contributed by atoms with Crippen LogP contribution in [0.5, 0.6) is 0 Å². The minimum Gasteiger partial charge on any atom is -0.481 e. The van der Waals surface area contributed by atoms with Crippen molar-refractivity contribution in [2.24, 2.45) is 0 Å². The minimum atomic E-state index is -1.62. The summed E-state index contributed by atoms with van der Waals surface area (Å²) < 4.78 is 20.4. The number of rotatable bonds is 9. The summed E-state index contributed by atoms with van der Waals surface area (Å²) in [7, 11) is 4.92. The number of aliphatic carboxylic acids is 1. The SMILES string of the molecule is COC(C[SiH3])C(OC)(OC)OC(=O)CCC(=O)O. The molecule has 0 aliphatic rings. The van der Waals surface area contributed by atoms with Gasteiger partial charge in [-0.15, -0.1) is 0 Å². The predicted molar refractivity (Wildman–Crippen MR) is 65.3 cm³/mol. The Morgan fingerprint density at radius 3 is 2.11 bits per heavy atom.